The Bertz CT molecular complexity index is 603. The summed E-state index contributed by atoms with van der Waals surface area (Å²) in [6, 6.07) is 10.5. The lowest BCUT2D eigenvalue weighted by Gasteiger charge is -2.50. The fraction of sp³-hybridized carbons (Fsp3) is 0.760. The zero-order chi connectivity index (χ0) is 21.9. The van der Waals surface area contributed by atoms with Crippen molar-refractivity contribution in [3.63, 3.8) is 0 Å². The van der Waals surface area contributed by atoms with Crippen LogP contribution in [-0.2, 0) is 8.85 Å². The molecular formula is C25H44O3Si. The fourth-order valence-electron chi connectivity index (χ4n) is 5.10. The minimum atomic E-state index is -2.77. The molecule has 1 fully saturated rings. The summed E-state index contributed by atoms with van der Waals surface area (Å²) in [6.07, 6.45) is 4.22. The summed E-state index contributed by atoms with van der Waals surface area (Å²) in [5.74, 6) is 0.0491. The maximum absolute atomic E-state index is 11.6. The van der Waals surface area contributed by atoms with Crippen LogP contribution in [0.25, 0.3) is 0 Å². The molecule has 0 amide bonds. The van der Waals surface area contributed by atoms with E-state index in [9.17, 15) is 5.11 Å². The fourth-order valence-corrected chi connectivity index (χ4v) is 10.2. The molecule has 0 aliphatic carbocycles. The molecule has 1 N–H and O–H groups in total. The summed E-state index contributed by atoms with van der Waals surface area (Å²) in [5, 5.41) is 11.3. The van der Waals surface area contributed by atoms with Gasteiger partial charge in [0.05, 0.1) is 18.3 Å². The number of aliphatic hydroxyl groups excluding tert-OH is 1. The molecule has 2 rings (SSSR count). The highest BCUT2D eigenvalue weighted by molar-refractivity contribution is 6.73. The number of rotatable bonds is 6. The zero-order valence-electron chi connectivity index (χ0n) is 20.0. The molecule has 1 heterocycles. The number of aliphatic hydroxyl groups is 1. The molecule has 0 bridgehead atoms. The van der Waals surface area contributed by atoms with E-state index in [0.29, 0.717) is 0 Å². The van der Waals surface area contributed by atoms with Gasteiger partial charge in [0, 0.05) is 16.0 Å². The normalized spacial score (nSPS) is 28.2. The third kappa shape index (κ3) is 5.15. The highest BCUT2D eigenvalue weighted by atomic mass is 28.4. The summed E-state index contributed by atoms with van der Waals surface area (Å²) < 4.78 is 14.2. The Hall–Kier alpha value is -0.683. The first-order valence-electron chi connectivity index (χ1n) is 11.6. The minimum Gasteiger partial charge on any atom is -0.390 e. The first-order valence-corrected chi connectivity index (χ1v) is 13.4. The van der Waals surface area contributed by atoms with E-state index in [1.165, 1.54) is 5.56 Å². The number of hydrogen-bond acceptors (Lipinski definition) is 3. The average molecular weight is 421 g/mol. The maximum Gasteiger partial charge on any atom is 0.350 e. The average Bonchev–Trinajstić information content (AvgIpc) is 2.76. The van der Waals surface area contributed by atoms with Gasteiger partial charge in [0.2, 0.25) is 0 Å². The molecule has 1 aromatic carbocycles. The van der Waals surface area contributed by atoms with E-state index in [4.69, 9.17) is 8.85 Å². The van der Waals surface area contributed by atoms with E-state index in [2.05, 4.69) is 79.7 Å². The second-order valence-corrected chi connectivity index (χ2v) is 15.5. The quantitative estimate of drug-likeness (QED) is 0.496. The number of unbranched alkanes of at least 4 members (excludes halogenated alkanes) is 1. The van der Waals surface area contributed by atoms with Gasteiger partial charge in [-0.2, -0.15) is 0 Å². The smallest absolute Gasteiger partial charge is 0.350 e. The highest BCUT2D eigenvalue weighted by Crippen LogP contribution is 2.57. The van der Waals surface area contributed by atoms with E-state index in [0.717, 1.165) is 32.1 Å². The molecule has 0 saturated carbocycles. The van der Waals surface area contributed by atoms with Gasteiger partial charge in [0.25, 0.3) is 0 Å². The number of hydrogen-bond donors (Lipinski definition) is 1. The predicted octanol–water partition coefficient (Wildman–Crippen LogP) is 7.15. The van der Waals surface area contributed by atoms with Gasteiger partial charge in [-0.15, -0.1) is 0 Å². The van der Waals surface area contributed by atoms with Crippen molar-refractivity contribution in [1.82, 2.24) is 0 Å². The molecular weight excluding hydrogens is 376 g/mol. The van der Waals surface area contributed by atoms with Crippen molar-refractivity contribution in [2.75, 3.05) is 0 Å². The Balaban J connectivity index is 2.67. The third-order valence-corrected chi connectivity index (χ3v) is 11.6. The van der Waals surface area contributed by atoms with Crippen LogP contribution in [0.4, 0.5) is 0 Å². The Morgan fingerprint density at radius 1 is 0.862 bits per heavy atom. The Kier molecular flexibility index (Phi) is 8.17. The monoisotopic (exact) mass is 420 g/mol. The third-order valence-electron chi connectivity index (χ3n) is 6.39. The van der Waals surface area contributed by atoms with Crippen LogP contribution >= 0.6 is 0 Å². The second kappa shape index (κ2) is 9.63. The molecule has 3 nitrogen and oxygen atoms in total. The lowest BCUT2D eigenvalue weighted by Crippen LogP contribution is -2.59. The van der Waals surface area contributed by atoms with E-state index in [-0.39, 0.29) is 28.2 Å². The van der Waals surface area contributed by atoms with Crippen molar-refractivity contribution >= 4 is 8.56 Å². The lowest BCUT2D eigenvalue weighted by molar-refractivity contribution is -0.0183. The maximum atomic E-state index is 11.6. The van der Waals surface area contributed by atoms with Crippen LogP contribution < -0.4 is 0 Å². The van der Waals surface area contributed by atoms with Crippen LogP contribution in [0.15, 0.2) is 30.3 Å². The summed E-state index contributed by atoms with van der Waals surface area (Å²) >= 11 is 0. The SMILES string of the molecule is CCCC[C@H]1[C@H](O)[C@H](CCC)O[Si](C(C)(C)C)(C(C)(C)C)O[C@@H]1c1ccccc1. The summed E-state index contributed by atoms with van der Waals surface area (Å²) in [4.78, 5) is 0. The molecule has 0 spiro atoms. The molecule has 29 heavy (non-hydrogen) atoms. The van der Waals surface area contributed by atoms with E-state index < -0.39 is 14.7 Å². The minimum absolute atomic E-state index is 0.0491. The van der Waals surface area contributed by atoms with E-state index in [1.54, 1.807) is 0 Å². The molecule has 4 heteroatoms. The molecule has 1 saturated heterocycles. The topological polar surface area (TPSA) is 38.7 Å². The highest BCUT2D eigenvalue weighted by Gasteiger charge is 2.63. The molecule has 0 unspecified atom stereocenters. The van der Waals surface area contributed by atoms with Crippen LogP contribution in [0.5, 0.6) is 0 Å². The number of benzene rings is 1. The van der Waals surface area contributed by atoms with Crippen molar-refractivity contribution in [3.05, 3.63) is 35.9 Å². The molecule has 166 valence electrons. The molecule has 1 aliphatic rings. The van der Waals surface area contributed by atoms with Crippen LogP contribution in [0.2, 0.25) is 10.1 Å². The summed E-state index contributed by atoms with van der Waals surface area (Å²) in [5.41, 5.74) is 1.17. The summed E-state index contributed by atoms with van der Waals surface area (Å²) in [6.45, 7) is 17.9. The van der Waals surface area contributed by atoms with E-state index in [1.807, 2.05) is 6.07 Å². The molecule has 0 aromatic heterocycles. The van der Waals surface area contributed by atoms with Crippen LogP contribution in [0.1, 0.15) is 99.2 Å². The van der Waals surface area contributed by atoms with Gasteiger partial charge >= 0.3 is 8.56 Å². The standard InChI is InChI=1S/C25H44O3Si/c1-9-11-18-20-22(26)21(15-10-2)27-29(24(3,4)5,25(6,7)8)28-23(20)19-16-13-12-14-17-19/h12-14,16-17,20-23,26H,9-11,15,18H2,1-8H3/t20-,21-,22-,23+/m0/s1. The Morgan fingerprint density at radius 3 is 1.93 bits per heavy atom. The van der Waals surface area contributed by atoms with Crippen LogP contribution in [-0.4, -0.2) is 25.9 Å². The van der Waals surface area contributed by atoms with Gasteiger partial charge < -0.3 is 14.0 Å². The van der Waals surface area contributed by atoms with E-state index >= 15 is 0 Å². The first kappa shape index (κ1) is 24.6. The molecule has 4 atom stereocenters. The predicted molar refractivity (Wildman–Crippen MR) is 124 cm³/mol. The van der Waals surface area contributed by atoms with Gasteiger partial charge in [-0.1, -0.05) is 105 Å². The molecule has 1 aliphatic heterocycles. The van der Waals surface area contributed by atoms with Crippen molar-refractivity contribution < 1.29 is 14.0 Å². The summed E-state index contributed by atoms with van der Waals surface area (Å²) in [7, 11) is -2.77. The van der Waals surface area contributed by atoms with Gasteiger partial charge in [0.15, 0.2) is 0 Å². The Labute approximate surface area is 180 Å². The van der Waals surface area contributed by atoms with Gasteiger partial charge in [-0.3, -0.25) is 0 Å². The van der Waals surface area contributed by atoms with Gasteiger partial charge in [-0.25, -0.2) is 0 Å². The lowest BCUT2D eigenvalue weighted by atomic mass is 9.83. The van der Waals surface area contributed by atoms with Crippen molar-refractivity contribution in [1.29, 1.82) is 0 Å². The van der Waals surface area contributed by atoms with Crippen LogP contribution in [0.3, 0.4) is 0 Å². The van der Waals surface area contributed by atoms with Crippen LogP contribution in [0, 0.1) is 5.92 Å². The molecule has 0 radical (unpaired) electrons. The van der Waals surface area contributed by atoms with Gasteiger partial charge in [0.1, 0.15) is 0 Å². The van der Waals surface area contributed by atoms with Crippen molar-refractivity contribution in [3.8, 4) is 0 Å². The molecule has 1 aromatic rings. The Morgan fingerprint density at radius 2 is 1.45 bits per heavy atom. The van der Waals surface area contributed by atoms with Crippen molar-refractivity contribution in [2.45, 2.75) is 116 Å². The van der Waals surface area contributed by atoms with Gasteiger partial charge in [-0.05, 0) is 18.4 Å². The first-order chi connectivity index (χ1) is 13.5. The zero-order valence-corrected chi connectivity index (χ0v) is 21.0. The van der Waals surface area contributed by atoms with Crippen molar-refractivity contribution in [2.24, 2.45) is 5.92 Å². The second-order valence-electron chi connectivity index (χ2n) is 10.8. The largest absolute Gasteiger partial charge is 0.390 e.